The average molecular weight is 501 g/mol. The van der Waals surface area contributed by atoms with E-state index in [1.165, 1.54) is 0 Å². The molecule has 0 saturated heterocycles. The first-order valence-electron chi connectivity index (χ1n) is 12.3. The van der Waals surface area contributed by atoms with Crippen molar-refractivity contribution in [3.05, 3.63) is 77.5 Å². The Labute approximate surface area is 216 Å². The van der Waals surface area contributed by atoms with Crippen LogP contribution < -0.4 is 37.1 Å². The van der Waals surface area contributed by atoms with E-state index >= 15 is 0 Å². The summed E-state index contributed by atoms with van der Waals surface area (Å²) in [7, 11) is 0. The van der Waals surface area contributed by atoms with Crippen molar-refractivity contribution in [3.8, 4) is 11.8 Å². The smallest absolute Gasteiger partial charge is 0.327 e. The molecular weight excluding hydrogens is 468 g/mol. The Bertz CT molecular complexity index is 1230. The fraction of sp³-hybridized carbons (Fsp3) is 0.296. The van der Waals surface area contributed by atoms with Gasteiger partial charge in [-0.3, -0.25) is 9.89 Å². The van der Waals surface area contributed by atoms with Crippen LogP contribution in [0.2, 0.25) is 0 Å². The van der Waals surface area contributed by atoms with Gasteiger partial charge in [0.15, 0.2) is 5.96 Å². The Kier molecular flexibility index (Phi) is 8.62. The Morgan fingerprint density at radius 1 is 1.16 bits per heavy atom. The van der Waals surface area contributed by atoms with E-state index in [4.69, 9.17) is 21.5 Å². The highest BCUT2D eigenvalue weighted by atomic mass is 16.5. The van der Waals surface area contributed by atoms with E-state index in [0.29, 0.717) is 32.5 Å². The highest BCUT2D eigenvalue weighted by Crippen LogP contribution is 2.29. The lowest BCUT2D eigenvalue weighted by Gasteiger charge is -2.29. The van der Waals surface area contributed by atoms with Crippen LogP contribution in [0.3, 0.4) is 0 Å². The van der Waals surface area contributed by atoms with Gasteiger partial charge in [0.1, 0.15) is 11.9 Å². The van der Waals surface area contributed by atoms with E-state index in [-0.39, 0.29) is 18.2 Å². The molecule has 37 heavy (non-hydrogen) atoms. The first-order valence-corrected chi connectivity index (χ1v) is 12.3. The molecule has 2 aromatic rings. The number of nitrogens with zero attached hydrogens (tertiary/aromatic N) is 3. The molecule has 2 aliphatic heterocycles. The number of carbonyl (C=O) groups is 1. The molecule has 10 nitrogen and oxygen atoms in total. The molecule has 0 aliphatic carbocycles. The molecular formula is C27H32N8O2. The summed E-state index contributed by atoms with van der Waals surface area (Å²) in [6.07, 6.45) is 5.62. The second-order valence-electron chi connectivity index (χ2n) is 8.73. The van der Waals surface area contributed by atoms with Gasteiger partial charge in [-0.15, -0.1) is 0 Å². The van der Waals surface area contributed by atoms with Crippen LogP contribution in [0, 0.1) is 11.3 Å². The van der Waals surface area contributed by atoms with Crippen molar-refractivity contribution < 1.29 is 9.53 Å². The van der Waals surface area contributed by atoms with E-state index in [1.54, 1.807) is 4.90 Å². The van der Waals surface area contributed by atoms with Crippen LogP contribution in [0.1, 0.15) is 30.4 Å². The zero-order valence-electron chi connectivity index (χ0n) is 20.6. The highest BCUT2D eigenvalue weighted by Gasteiger charge is 2.31. The first kappa shape index (κ1) is 25.6. The maximum absolute atomic E-state index is 12.8. The van der Waals surface area contributed by atoms with Gasteiger partial charge in [0.25, 0.3) is 0 Å². The molecule has 0 bridgehead atoms. The lowest BCUT2D eigenvalue weighted by Crippen LogP contribution is -2.51. The largest absolute Gasteiger partial charge is 0.494 e. The Hall–Kier alpha value is -4.49. The van der Waals surface area contributed by atoms with E-state index in [9.17, 15) is 4.79 Å². The molecule has 0 radical (unpaired) electrons. The van der Waals surface area contributed by atoms with Gasteiger partial charge in [0.2, 0.25) is 0 Å². The topological polar surface area (TPSA) is 154 Å². The third-order valence-corrected chi connectivity index (χ3v) is 5.91. The van der Waals surface area contributed by atoms with Gasteiger partial charge in [-0.05, 0) is 55.3 Å². The summed E-state index contributed by atoms with van der Waals surface area (Å²) >= 11 is 0. The number of guanidine groups is 1. The summed E-state index contributed by atoms with van der Waals surface area (Å²) in [6.45, 7) is 2.62. The number of hydrogen-bond acceptors (Lipinski definition) is 6. The van der Waals surface area contributed by atoms with Gasteiger partial charge in [0.05, 0.1) is 18.4 Å². The minimum atomic E-state index is -0.290. The summed E-state index contributed by atoms with van der Waals surface area (Å²) in [5, 5.41) is 18.4. The number of rotatable bonds is 12. The van der Waals surface area contributed by atoms with Crippen LogP contribution in [0.5, 0.6) is 5.75 Å². The molecule has 0 aromatic heterocycles. The number of fused-ring (bicyclic) bond motifs is 1. The molecule has 1 unspecified atom stereocenters. The Morgan fingerprint density at radius 3 is 2.78 bits per heavy atom. The fourth-order valence-corrected chi connectivity index (χ4v) is 4.03. The predicted molar refractivity (Wildman–Crippen MR) is 144 cm³/mol. The third-order valence-electron chi connectivity index (χ3n) is 5.91. The third kappa shape index (κ3) is 7.02. The number of aliphatic imine (C=N–C) groups is 1. The molecule has 7 N–H and O–H groups in total. The normalized spacial score (nSPS) is 16.0. The van der Waals surface area contributed by atoms with Gasteiger partial charge < -0.3 is 32.2 Å². The van der Waals surface area contributed by atoms with Crippen molar-refractivity contribution in [2.75, 3.05) is 24.6 Å². The van der Waals surface area contributed by atoms with Crippen molar-refractivity contribution in [2.45, 2.75) is 32.0 Å². The number of nitriles is 1. The summed E-state index contributed by atoms with van der Waals surface area (Å²) in [5.74, 6) is 0.859. The van der Waals surface area contributed by atoms with Crippen molar-refractivity contribution in [1.29, 1.82) is 5.26 Å². The lowest BCUT2D eigenvalue weighted by atomic mass is 10.1. The predicted octanol–water partition coefficient (Wildman–Crippen LogP) is 2.51. The second-order valence-corrected chi connectivity index (χ2v) is 8.73. The quantitative estimate of drug-likeness (QED) is 0.170. The maximum atomic E-state index is 12.8. The van der Waals surface area contributed by atoms with Crippen LogP contribution in [-0.4, -0.2) is 37.9 Å². The van der Waals surface area contributed by atoms with Crippen LogP contribution in [-0.2, 0) is 6.54 Å². The van der Waals surface area contributed by atoms with Crippen LogP contribution in [0.4, 0.5) is 10.5 Å². The molecule has 2 aliphatic rings. The maximum Gasteiger partial charge on any atom is 0.327 e. The molecule has 10 heteroatoms. The molecule has 2 aromatic carbocycles. The van der Waals surface area contributed by atoms with Crippen LogP contribution in [0.15, 0.2) is 71.4 Å². The first-order chi connectivity index (χ1) is 18.0. The zero-order chi connectivity index (χ0) is 26.0. The minimum absolute atomic E-state index is 0.113. The van der Waals surface area contributed by atoms with Gasteiger partial charge >= 0.3 is 6.03 Å². The van der Waals surface area contributed by atoms with E-state index < -0.39 is 0 Å². The van der Waals surface area contributed by atoms with Gasteiger partial charge in [-0.2, -0.15) is 5.26 Å². The molecule has 1 atom stereocenters. The van der Waals surface area contributed by atoms with E-state index in [1.807, 2.05) is 60.8 Å². The molecule has 2 amide bonds. The minimum Gasteiger partial charge on any atom is -0.494 e. The average Bonchev–Trinajstić information content (AvgIpc) is 3.31. The molecule has 0 spiro atoms. The number of unbranched alkanes of at least 4 members (excludes halogenated alkanes) is 1. The summed E-state index contributed by atoms with van der Waals surface area (Å²) in [5.41, 5.74) is 15.4. The van der Waals surface area contributed by atoms with E-state index in [2.05, 4.69) is 27.0 Å². The summed E-state index contributed by atoms with van der Waals surface area (Å²) in [4.78, 5) is 18.4. The molecule has 2 heterocycles. The zero-order valence-corrected chi connectivity index (χ0v) is 20.6. The number of benzene rings is 2. The van der Waals surface area contributed by atoms with Crippen LogP contribution in [0.25, 0.3) is 5.70 Å². The number of nitrogens with two attached hydrogens (primary N) is 2. The standard InChI is InChI=1S/C27H32N8O2/c28-11-1-2-14-37-23-6-3-5-20(15-23)24-16-21-18-35(27(36)34-25(21)33-24)22-9-7-19(8-10-22)17-31-12-4-13-32-26(29)30/h3,5-10,15-16,18,25,31,33H,1-2,4,12-14,17H2,(H,34,36)(H4,29,30,32). The van der Waals surface area contributed by atoms with Crippen molar-refractivity contribution in [1.82, 2.24) is 16.0 Å². The second kappa shape index (κ2) is 12.5. The summed E-state index contributed by atoms with van der Waals surface area (Å²) in [6, 6.07) is 17.6. The number of ether oxygens (including phenoxy) is 1. The van der Waals surface area contributed by atoms with Crippen LogP contribution >= 0.6 is 0 Å². The SMILES string of the molecule is N#CCCCOc1cccc(C2=CC3=CN(c4ccc(CNCCCN=C(N)N)cc4)C(=O)NC3N2)c1. The van der Waals surface area contributed by atoms with Crippen molar-refractivity contribution in [3.63, 3.8) is 0 Å². The molecule has 192 valence electrons. The van der Waals surface area contributed by atoms with Gasteiger partial charge in [0, 0.05) is 42.5 Å². The monoisotopic (exact) mass is 500 g/mol. The van der Waals surface area contributed by atoms with Gasteiger partial charge in [-0.1, -0.05) is 24.3 Å². The highest BCUT2D eigenvalue weighted by molar-refractivity contribution is 5.96. The fourth-order valence-electron chi connectivity index (χ4n) is 4.03. The van der Waals surface area contributed by atoms with Crippen molar-refractivity contribution >= 4 is 23.4 Å². The number of nitrogens with one attached hydrogen (secondary N) is 3. The number of amides is 2. The Morgan fingerprint density at radius 2 is 2.00 bits per heavy atom. The molecule has 4 rings (SSSR count). The number of carbonyl (C=O) groups excluding carboxylic acids is 1. The Balaban J connectivity index is 1.37. The van der Waals surface area contributed by atoms with E-state index in [0.717, 1.165) is 46.8 Å². The van der Waals surface area contributed by atoms with Gasteiger partial charge in [-0.25, -0.2) is 4.79 Å². The molecule has 0 saturated carbocycles. The molecule has 0 fully saturated rings. The van der Waals surface area contributed by atoms with Crippen molar-refractivity contribution in [2.24, 2.45) is 16.5 Å². The number of urea groups is 1. The number of anilines is 1. The number of hydrogen-bond donors (Lipinski definition) is 5. The lowest BCUT2D eigenvalue weighted by molar-refractivity contribution is 0.244. The summed E-state index contributed by atoms with van der Waals surface area (Å²) < 4.78 is 5.76.